The monoisotopic (exact) mass is 476 g/mol. The van der Waals surface area contributed by atoms with Crippen LogP contribution in [-0.2, 0) is 4.74 Å². The normalized spacial score (nSPS) is 26.1. The number of phenols is 2. The average Bonchev–Trinajstić information content (AvgIpc) is 3.30. The van der Waals surface area contributed by atoms with Crippen LogP contribution in [0.2, 0.25) is 0 Å². The zero-order chi connectivity index (χ0) is 24.1. The van der Waals surface area contributed by atoms with Crippen molar-refractivity contribution in [1.29, 1.82) is 0 Å². The Morgan fingerprint density at radius 1 is 1.00 bits per heavy atom. The largest absolute Gasteiger partial charge is 0.508 e. The highest BCUT2D eigenvalue weighted by Gasteiger charge is 2.45. The minimum absolute atomic E-state index is 0.0516. The van der Waals surface area contributed by atoms with Crippen LogP contribution in [0, 0.1) is 0 Å². The van der Waals surface area contributed by atoms with E-state index in [9.17, 15) is 35.4 Å². The first-order valence-electron chi connectivity index (χ1n) is 10.2. The molecule has 0 radical (unpaired) electrons. The minimum atomic E-state index is -1.80. The zero-order valence-electron chi connectivity index (χ0n) is 17.3. The third kappa shape index (κ3) is 3.48. The summed E-state index contributed by atoms with van der Waals surface area (Å²) in [6.45, 7) is -0.876. The van der Waals surface area contributed by atoms with Crippen molar-refractivity contribution in [2.75, 3.05) is 13.4 Å². The summed E-state index contributed by atoms with van der Waals surface area (Å²) in [5, 5.41) is 59.9. The maximum Gasteiger partial charge on any atom is 0.239 e. The lowest BCUT2D eigenvalue weighted by atomic mass is 9.99. The summed E-state index contributed by atoms with van der Waals surface area (Å²) in [6.07, 6.45) is -8.15. The smallest absolute Gasteiger partial charge is 0.239 e. The molecule has 0 saturated carbocycles. The van der Waals surface area contributed by atoms with Crippen LogP contribution in [0.25, 0.3) is 22.3 Å². The summed E-state index contributed by atoms with van der Waals surface area (Å²) in [4.78, 5) is 13.5. The summed E-state index contributed by atoms with van der Waals surface area (Å²) >= 11 is 0. The van der Waals surface area contributed by atoms with Crippen LogP contribution in [0.3, 0.4) is 0 Å². The Bertz CT molecular complexity index is 1280. The van der Waals surface area contributed by atoms with Crippen LogP contribution in [0.15, 0.2) is 39.5 Å². The number of aromatic hydroxyl groups is 2. The first-order valence-corrected chi connectivity index (χ1v) is 10.2. The van der Waals surface area contributed by atoms with Gasteiger partial charge in [0.05, 0.1) is 6.61 Å². The molecular formula is C22H20O12. The van der Waals surface area contributed by atoms with E-state index in [2.05, 4.69) is 0 Å². The molecule has 0 spiro atoms. The summed E-state index contributed by atoms with van der Waals surface area (Å²) in [6, 6.07) is 6.92. The first-order chi connectivity index (χ1) is 16.3. The topological polar surface area (TPSA) is 189 Å². The average molecular weight is 476 g/mol. The Morgan fingerprint density at radius 3 is 2.44 bits per heavy atom. The van der Waals surface area contributed by atoms with E-state index in [1.807, 2.05) is 0 Å². The van der Waals surface area contributed by atoms with Gasteiger partial charge in [0.1, 0.15) is 41.1 Å². The Labute approximate surface area is 190 Å². The predicted molar refractivity (Wildman–Crippen MR) is 112 cm³/mol. The molecule has 0 bridgehead atoms. The Kier molecular flexibility index (Phi) is 5.46. The van der Waals surface area contributed by atoms with Crippen LogP contribution >= 0.6 is 0 Å². The van der Waals surface area contributed by atoms with Crippen molar-refractivity contribution in [3.63, 3.8) is 0 Å². The number of aliphatic hydroxyl groups excluding tert-OH is 4. The van der Waals surface area contributed by atoms with Gasteiger partial charge in [-0.15, -0.1) is 0 Å². The SMILES string of the molecule is O=c1c(O[C@H]2O[C@H](CO)[C@@H](O)[C@@H](O)[C@@H]2O)c(-c2ccc(O)cc2)oc2cc3c(c(O)c12)OCO3. The van der Waals surface area contributed by atoms with Crippen LogP contribution in [0.4, 0.5) is 0 Å². The Morgan fingerprint density at radius 2 is 1.74 bits per heavy atom. The van der Waals surface area contributed by atoms with E-state index in [0.29, 0.717) is 0 Å². The van der Waals surface area contributed by atoms with Crippen molar-refractivity contribution in [3.05, 3.63) is 40.6 Å². The number of fused-ring (bicyclic) bond motifs is 2. The number of aliphatic hydroxyl groups is 4. The summed E-state index contributed by atoms with van der Waals surface area (Å²) < 4.78 is 27.4. The molecule has 0 unspecified atom stereocenters. The van der Waals surface area contributed by atoms with Crippen LogP contribution in [0.1, 0.15) is 0 Å². The van der Waals surface area contributed by atoms with Crippen molar-refractivity contribution in [2.24, 2.45) is 0 Å². The molecule has 2 aliphatic rings. The molecule has 12 nitrogen and oxygen atoms in total. The molecule has 12 heteroatoms. The number of hydrogen-bond donors (Lipinski definition) is 6. The number of rotatable bonds is 4. The standard InChI is InChI=1S/C22H20O12/c23-6-12-14(25)17(28)18(29)22(33-12)34-21-16(27)13-10(5-11-20(15(13)26)31-7-30-11)32-19(21)8-1-3-9(24)4-2-8/h1-5,12,14,17-18,22-26,28-29H,6-7H2/t12-,14-,17-,18+,22-/m1/s1. The highest BCUT2D eigenvalue weighted by molar-refractivity contribution is 5.91. The second-order valence-electron chi connectivity index (χ2n) is 7.78. The molecule has 3 heterocycles. The van der Waals surface area contributed by atoms with E-state index in [4.69, 9.17) is 23.4 Å². The fourth-order valence-electron chi connectivity index (χ4n) is 3.87. The molecule has 1 saturated heterocycles. The maximum atomic E-state index is 13.5. The third-order valence-corrected chi connectivity index (χ3v) is 5.67. The fourth-order valence-corrected chi connectivity index (χ4v) is 3.87. The van der Waals surface area contributed by atoms with Gasteiger partial charge >= 0.3 is 0 Å². The van der Waals surface area contributed by atoms with Gasteiger partial charge in [-0.2, -0.15) is 0 Å². The van der Waals surface area contributed by atoms with E-state index in [1.165, 1.54) is 30.3 Å². The molecule has 3 aromatic rings. The van der Waals surface area contributed by atoms with Gasteiger partial charge in [0.2, 0.25) is 30.0 Å². The quantitative estimate of drug-likeness (QED) is 0.291. The van der Waals surface area contributed by atoms with Gasteiger partial charge in [-0.1, -0.05) is 0 Å². The summed E-state index contributed by atoms with van der Waals surface area (Å²) in [7, 11) is 0. The molecule has 6 N–H and O–H groups in total. The molecule has 1 fully saturated rings. The van der Waals surface area contributed by atoms with Crippen molar-refractivity contribution >= 4 is 11.0 Å². The van der Waals surface area contributed by atoms with E-state index < -0.39 is 54.2 Å². The second kappa shape index (κ2) is 8.34. The van der Waals surface area contributed by atoms with Crippen LogP contribution in [0.5, 0.6) is 28.7 Å². The lowest BCUT2D eigenvalue weighted by Crippen LogP contribution is -2.60. The van der Waals surface area contributed by atoms with Gasteiger partial charge in [0.15, 0.2) is 17.3 Å². The molecule has 0 aliphatic carbocycles. The van der Waals surface area contributed by atoms with Crippen molar-refractivity contribution in [2.45, 2.75) is 30.7 Å². The molecule has 0 amide bonds. The van der Waals surface area contributed by atoms with Crippen molar-refractivity contribution in [1.82, 2.24) is 0 Å². The molecule has 34 heavy (non-hydrogen) atoms. The van der Waals surface area contributed by atoms with E-state index >= 15 is 0 Å². The molecule has 5 atom stereocenters. The van der Waals surface area contributed by atoms with Crippen molar-refractivity contribution < 1.29 is 54.0 Å². The zero-order valence-corrected chi connectivity index (χ0v) is 17.3. The summed E-state index contributed by atoms with van der Waals surface area (Å²) in [5.74, 6) is -1.15. The second-order valence-corrected chi connectivity index (χ2v) is 7.78. The Balaban J connectivity index is 1.69. The molecule has 2 aromatic carbocycles. The number of ether oxygens (including phenoxy) is 4. The number of benzene rings is 2. The molecule has 5 rings (SSSR count). The van der Waals surface area contributed by atoms with Gasteiger partial charge in [-0.25, -0.2) is 0 Å². The summed E-state index contributed by atoms with van der Waals surface area (Å²) in [5.41, 5.74) is -0.637. The van der Waals surface area contributed by atoms with Gasteiger partial charge in [-0.3, -0.25) is 4.79 Å². The third-order valence-electron chi connectivity index (χ3n) is 5.67. The molecular weight excluding hydrogens is 456 g/mol. The van der Waals surface area contributed by atoms with E-state index in [-0.39, 0.29) is 46.3 Å². The van der Waals surface area contributed by atoms with Crippen LogP contribution in [-0.4, -0.2) is 74.7 Å². The minimum Gasteiger partial charge on any atom is -0.508 e. The van der Waals surface area contributed by atoms with E-state index in [0.717, 1.165) is 0 Å². The fraction of sp³-hybridized carbons (Fsp3) is 0.318. The predicted octanol–water partition coefficient (Wildman–Crippen LogP) is -0.221. The number of phenolic OH excluding ortho intramolecular Hbond substituents is 2. The lowest BCUT2D eigenvalue weighted by Gasteiger charge is -2.39. The molecule has 1 aromatic heterocycles. The Hall–Kier alpha value is -3.55. The van der Waals surface area contributed by atoms with Crippen molar-refractivity contribution in [3.8, 4) is 40.1 Å². The number of hydrogen-bond acceptors (Lipinski definition) is 12. The van der Waals surface area contributed by atoms with Gasteiger partial charge < -0.3 is 54.0 Å². The highest BCUT2D eigenvalue weighted by Crippen LogP contribution is 2.46. The molecule has 180 valence electrons. The van der Waals surface area contributed by atoms with Crippen LogP contribution < -0.4 is 19.6 Å². The lowest BCUT2D eigenvalue weighted by molar-refractivity contribution is -0.277. The maximum absolute atomic E-state index is 13.5. The van der Waals surface area contributed by atoms with Gasteiger partial charge in [-0.05, 0) is 24.3 Å². The van der Waals surface area contributed by atoms with Gasteiger partial charge in [0.25, 0.3) is 0 Å². The highest BCUT2D eigenvalue weighted by atomic mass is 16.7. The van der Waals surface area contributed by atoms with Gasteiger partial charge in [0, 0.05) is 11.6 Å². The molecule has 2 aliphatic heterocycles. The first kappa shape index (κ1) is 22.3. The van der Waals surface area contributed by atoms with E-state index in [1.54, 1.807) is 0 Å².